The molecule has 1 atom stereocenters. The molecular formula is C21H29N3O4S2. The molecular weight excluding hydrogens is 422 g/mol. The molecule has 0 bridgehead atoms. The third-order valence-corrected chi connectivity index (χ3v) is 8.46. The third kappa shape index (κ3) is 5.14. The molecule has 2 heterocycles. The van der Waals surface area contributed by atoms with Crippen LogP contribution in [0.25, 0.3) is 0 Å². The zero-order chi connectivity index (χ0) is 21.7. The molecule has 164 valence electrons. The Morgan fingerprint density at radius 2 is 2.00 bits per heavy atom. The second-order valence-electron chi connectivity index (χ2n) is 7.38. The van der Waals surface area contributed by atoms with Crippen molar-refractivity contribution in [3.05, 3.63) is 41.8 Å². The number of nitrogens with zero attached hydrogens (tertiary/aromatic N) is 3. The number of rotatable bonds is 9. The normalized spacial score (nSPS) is 16.3. The molecule has 0 saturated carbocycles. The van der Waals surface area contributed by atoms with Crippen LogP contribution in [0.4, 0.5) is 5.69 Å². The summed E-state index contributed by atoms with van der Waals surface area (Å²) in [6, 6.07) is 11.3. The van der Waals surface area contributed by atoms with Gasteiger partial charge in [0.1, 0.15) is 16.1 Å². The third-order valence-electron chi connectivity index (χ3n) is 5.23. The lowest BCUT2D eigenvalue weighted by Crippen LogP contribution is -2.46. The fraction of sp³-hybridized carbons (Fsp3) is 0.476. The number of thiophene rings is 1. The van der Waals surface area contributed by atoms with Crippen molar-refractivity contribution in [1.29, 1.82) is 0 Å². The monoisotopic (exact) mass is 451 g/mol. The van der Waals surface area contributed by atoms with Crippen LogP contribution in [-0.4, -0.2) is 69.9 Å². The van der Waals surface area contributed by atoms with E-state index in [1.54, 1.807) is 36.5 Å². The Bertz CT molecular complexity index is 947. The molecule has 2 aromatic rings. The number of anilines is 1. The summed E-state index contributed by atoms with van der Waals surface area (Å²) in [5, 5.41) is 1.74. The number of carbonyl (C=O) groups excluding carboxylic acids is 1. The van der Waals surface area contributed by atoms with E-state index in [-0.39, 0.29) is 12.0 Å². The van der Waals surface area contributed by atoms with Gasteiger partial charge in [-0.05, 0) is 36.9 Å². The first-order valence-electron chi connectivity index (χ1n) is 10.1. The minimum atomic E-state index is -3.47. The first-order chi connectivity index (χ1) is 14.3. The number of fused-ring (bicyclic) bond motifs is 1. The summed E-state index contributed by atoms with van der Waals surface area (Å²) in [5.74, 6) is 0.833. The number of likely N-dealkylation sites (N-methyl/N-ethyl adjacent to an activating group) is 2. The number of carbonyl (C=O) groups is 1. The first-order valence-corrected chi connectivity index (χ1v) is 12.4. The van der Waals surface area contributed by atoms with Gasteiger partial charge in [-0.1, -0.05) is 18.2 Å². The van der Waals surface area contributed by atoms with Crippen LogP contribution in [0.2, 0.25) is 0 Å². The van der Waals surface area contributed by atoms with Gasteiger partial charge >= 0.3 is 0 Å². The molecule has 1 aromatic carbocycles. The topological polar surface area (TPSA) is 70.2 Å². The fourth-order valence-corrected chi connectivity index (χ4v) is 5.92. The summed E-state index contributed by atoms with van der Waals surface area (Å²) in [7, 11) is -0.149. The molecule has 0 spiro atoms. The van der Waals surface area contributed by atoms with Crippen LogP contribution in [0, 0.1) is 0 Å². The molecule has 0 saturated heterocycles. The highest BCUT2D eigenvalue weighted by Crippen LogP contribution is 2.32. The minimum Gasteiger partial charge on any atom is -0.485 e. The fourth-order valence-electron chi connectivity index (χ4n) is 3.51. The molecule has 0 N–H and O–H groups in total. The number of hydrogen-bond donors (Lipinski definition) is 0. The Kier molecular flexibility index (Phi) is 7.38. The molecule has 0 radical (unpaired) electrons. The van der Waals surface area contributed by atoms with Gasteiger partial charge in [0.25, 0.3) is 10.0 Å². The molecule has 30 heavy (non-hydrogen) atoms. The number of amides is 1. The van der Waals surface area contributed by atoms with E-state index in [9.17, 15) is 13.2 Å². The summed E-state index contributed by atoms with van der Waals surface area (Å²) < 4.78 is 32.6. The predicted octanol–water partition coefficient (Wildman–Crippen LogP) is 2.89. The largest absolute Gasteiger partial charge is 0.485 e. The lowest BCUT2D eigenvalue weighted by Gasteiger charge is -2.37. The van der Waals surface area contributed by atoms with E-state index < -0.39 is 10.0 Å². The first kappa shape index (κ1) is 22.6. The van der Waals surface area contributed by atoms with E-state index in [4.69, 9.17) is 4.74 Å². The van der Waals surface area contributed by atoms with Gasteiger partial charge in [0, 0.05) is 33.6 Å². The van der Waals surface area contributed by atoms with Crippen LogP contribution in [-0.2, 0) is 14.8 Å². The Balaban J connectivity index is 1.48. The maximum absolute atomic E-state index is 12.6. The van der Waals surface area contributed by atoms with Crippen molar-refractivity contribution in [3.63, 3.8) is 0 Å². The zero-order valence-electron chi connectivity index (χ0n) is 17.7. The summed E-state index contributed by atoms with van der Waals surface area (Å²) in [4.78, 5) is 16.5. The molecule has 1 aromatic heterocycles. The standard InChI is InChI=1S/C21H29N3O4S2/c1-4-24-16-17(28-19-10-6-5-9-18(19)24)15-22(2)20(25)11-7-13-23(3)30(26,27)21-12-8-14-29-21/h5-6,8-10,12,14,17H,4,7,11,13,15-16H2,1-3H3. The van der Waals surface area contributed by atoms with Crippen LogP contribution < -0.4 is 9.64 Å². The van der Waals surface area contributed by atoms with Gasteiger partial charge in [-0.15, -0.1) is 11.3 Å². The average Bonchev–Trinajstić information content (AvgIpc) is 3.28. The molecule has 1 aliphatic rings. The van der Waals surface area contributed by atoms with Gasteiger partial charge in [0.2, 0.25) is 5.91 Å². The second kappa shape index (κ2) is 9.80. The number of para-hydroxylation sites is 2. The highest BCUT2D eigenvalue weighted by atomic mass is 32.2. The van der Waals surface area contributed by atoms with Gasteiger partial charge in [0.05, 0.1) is 18.8 Å². The van der Waals surface area contributed by atoms with Crippen LogP contribution in [0.3, 0.4) is 0 Å². The van der Waals surface area contributed by atoms with E-state index in [1.165, 1.54) is 15.6 Å². The Morgan fingerprint density at radius 1 is 1.23 bits per heavy atom. The highest BCUT2D eigenvalue weighted by molar-refractivity contribution is 7.91. The number of ether oxygens (including phenoxy) is 1. The Labute approximate surface area is 182 Å². The quantitative estimate of drug-likeness (QED) is 0.586. The van der Waals surface area contributed by atoms with E-state index in [0.717, 1.165) is 24.5 Å². The van der Waals surface area contributed by atoms with Crippen molar-refractivity contribution < 1.29 is 17.9 Å². The van der Waals surface area contributed by atoms with Crippen LogP contribution in [0.1, 0.15) is 19.8 Å². The predicted molar refractivity (Wildman–Crippen MR) is 120 cm³/mol. The highest BCUT2D eigenvalue weighted by Gasteiger charge is 2.27. The van der Waals surface area contributed by atoms with E-state index in [0.29, 0.717) is 30.1 Å². The Morgan fingerprint density at radius 3 is 2.70 bits per heavy atom. The maximum atomic E-state index is 12.6. The second-order valence-corrected chi connectivity index (χ2v) is 10.6. The van der Waals surface area contributed by atoms with Crippen molar-refractivity contribution in [2.75, 3.05) is 45.2 Å². The number of sulfonamides is 1. The number of benzene rings is 1. The molecule has 3 rings (SSSR count). The van der Waals surface area contributed by atoms with Crippen molar-refractivity contribution in [1.82, 2.24) is 9.21 Å². The van der Waals surface area contributed by atoms with Crippen LogP contribution in [0.5, 0.6) is 5.75 Å². The van der Waals surface area contributed by atoms with Gasteiger partial charge < -0.3 is 14.5 Å². The van der Waals surface area contributed by atoms with Crippen molar-refractivity contribution in [2.45, 2.75) is 30.1 Å². The SMILES string of the molecule is CCN1CC(CN(C)C(=O)CCCN(C)S(=O)(=O)c2cccs2)Oc2ccccc21. The Hall–Kier alpha value is -2.10. The number of hydrogen-bond acceptors (Lipinski definition) is 6. The maximum Gasteiger partial charge on any atom is 0.252 e. The lowest BCUT2D eigenvalue weighted by molar-refractivity contribution is -0.131. The summed E-state index contributed by atoms with van der Waals surface area (Å²) in [6.07, 6.45) is 0.664. The molecule has 0 aliphatic carbocycles. The minimum absolute atomic E-state index is 0.0116. The molecule has 9 heteroatoms. The summed E-state index contributed by atoms with van der Waals surface area (Å²) in [5.41, 5.74) is 1.08. The lowest BCUT2D eigenvalue weighted by atomic mass is 10.1. The van der Waals surface area contributed by atoms with Gasteiger partial charge in [-0.2, -0.15) is 0 Å². The van der Waals surface area contributed by atoms with Gasteiger partial charge in [-0.25, -0.2) is 12.7 Å². The van der Waals surface area contributed by atoms with E-state index in [2.05, 4.69) is 11.8 Å². The zero-order valence-corrected chi connectivity index (χ0v) is 19.3. The van der Waals surface area contributed by atoms with Crippen molar-refractivity contribution in [2.24, 2.45) is 0 Å². The molecule has 1 amide bonds. The van der Waals surface area contributed by atoms with Gasteiger partial charge in [0.15, 0.2) is 0 Å². The molecule has 1 unspecified atom stereocenters. The van der Waals surface area contributed by atoms with Crippen LogP contribution in [0.15, 0.2) is 46.0 Å². The van der Waals surface area contributed by atoms with Crippen molar-refractivity contribution in [3.8, 4) is 5.75 Å². The van der Waals surface area contributed by atoms with Crippen molar-refractivity contribution >= 4 is 33.0 Å². The smallest absolute Gasteiger partial charge is 0.252 e. The molecule has 7 nitrogen and oxygen atoms in total. The summed E-state index contributed by atoms with van der Waals surface area (Å²) in [6.45, 7) is 4.50. The van der Waals surface area contributed by atoms with Gasteiger partial charge in [-0.3, -0.25) is 4.79 Å². The van der Waals surface area contributed by atoms with E-state index >= 15 is 0 Å². The van der Waals surface area contributed by atoms with Crippen LogP contribution >= 0.6 is 11.3 Å². The average molecular weight is 452 g/mol. The van der Waals surface area contributed by atoms with E-state index in [1.807, 2.05) is 24.3 Å². The molecule has 1 aliphatic heterocycles. The summed E-state index contributed by atoms with van der Waals surface area (Å²) >= 11 is 1.20. The molecule has 0 fully saturated rings.